The fourth-order valence-corrected chi connectivity index (χ4v) is 8.78. The molecule has 0 bridgehead atoms. The summed E-state index contributed by atoms with van der Waals surface area (Å²) in [5, 5.41) is 7.42. The molecule has 11 aromatic rings. The maximum atomic E-state index is 2.43. The van der Waals surface area contributed by atoms with Crippen LogP contribution in [0.4, 0.5) is 17.1 Å². The van der Waals surface area contributed by atoms with Crippen LogP contribution in [-0.4, -0.2) is 0 Å². The highest BCUT2D eigenvalue weighted by Crippen LogP contribution is 2.44. The standard InChI is InChI=1S/C60H41N/c1-2-11-42(12-3-1)46-27-32-57(33-28-46)61(58-34-29-47(30-35-58)51-19-10-20-52(37-51)53-24-21-43-13-4-7-16-48(43)38-53)60-41-55(54-25-22-44-14-5-8-17-49(44)39-54)31-36-59(60)56-26-23-45-15-6-9-18-50(45)40-56/h1-41H. The minimum atomic E-state index is 1.08. The van der Waals surface area contributed by atoms with Crippen LogP contribution in [0.5, 0.6) is 0 Å². The van der Waals surface area contributed by atoms with Crippen molar-refractivity contribution >= 4 is 49.4 Å². The molecule has 1 nitrogen and oxygen atoms in total. The van der Waals surface area contributed by atoms with Gasteiger partial charge in [0.2, 0.25) is 0 Å². The summed E-state index contributed by atoms with van der Waals surface area (Å²) >= 11 is 0. The molecular formula is C60H41N. The second-order valence-corrected chi connectivity index (χ2v) is 15.8. The Kier molecular flexibility index (Phi) is 9.26. The lowest BCUT2D eigenvalue weighted by Gasteiger charge is -2.29. The van der Waals surface area contributed by atoms with Gasteiger partial charge in [-0.05, 0) is 137 Å². The summed E-state index contributed by atoms with van der Waals surface area (Å²) in [6, 6.07) is 90.7. The number of hydrogen-bond donors (Lipinski definition) is 0. The molecule has 0 aromatic heterocycles. The zero-order valence-electron chi connectivity index (χ0n) is 33.6. The van der Waals surface area contributed by atoms with Gasteiger partial charge in [-0.15, -0.1) is 0 Å². The Morgan fingerprint density at radius 1 is 0.197 bits per heavy atom. The molecule has 0 spiro atoms. The van der Waals surface area contributed by atoms with E-state index in [1.165, 1.54) is 82.4 Å². The Morgan fingerprint density at radius 3 is 1.08 bits per heavy atom. The summed E-state index contributed by atoms with van der Waals surface area (Å²) in [6.07, 6.45) is 0. The van der Waals surface area contributed by atoms with E-state index < -0.39 is 0 Å². The normalized spacial score (nSPS) is 11.3. The summed E-state index contributed by atoms with van der Waals surface area (Å²) in [7, 11) is 0. The van der Waals surface area contributed by atoms with Crippen LogP contribution in [0.25, 0.3) is 88.0 Å². The molecule has 11 rings (SSSR count). The Labute approximate surface area is 357 Å². The third-order valence-corrected chi connectivity index (χ3v) is 12.0. The molecule has 286 valence electrons. The molecule has 11 aromatic carbocycles. The van der Waals surface area contributed by atoms with Gasteiger partial charge in [-0.2, -0.15) is 0 Å². The number of anilines is 3. The Bertz CT molecular complexity index is 3340. The number of hydrogen-bond acceptors (Lipinski definition) is 1. The average molecular weight is 776 g/mol. The second kappa shape index (κ2) is 15.6. The van der Waals surface area contributed by atoms with Gasteiger partial charge in [-0.3, -0.25) is 0 Å². The first-order valence-corrected chi connectivity index (χ1v) is 21.0. The molecule has 0 aliphatic carbocycles. The van der Waals surface area contributed by atoms with Crippen molar-refractivity contribution < 1.29 is 0 Å². The predicted molar refractivity (Wildman–Crippen MR) is 261 cm³/mol. The van der Waals surface area contributed by atoms with Gasteiger partial charge in [0.25, 0.3) is 0 Å². The van der Waals surface area contributed by atoms with E-state index in [1.807, 2.05) is 0 Å². The van der Waals surface area contributed by atoms with Crippen LogP contribution in [-0.2, 0) is 0 Å². The highest BCUT2D eigenvalue weighted by molar-refractivity contribution is 5.96. The summed E-state index contributed by atoms with van der Waals surface area (Å²) in [5.74, 6) is 0. The highest BCUT2D eigenvalue weighted by Gasteiger charge is 2.20. The van der Waals surface area contributed by atoms with Crippen molar-refractivity contribution in [1.82, 2.24) is 0 Å². The molecule has 0 heterocycles. The van der Waals surface area contributed by atoms with Crippen molar-refractivity contribution in [3.8, 4) is 55.6 Å². The average Bonchev–Trinajstić information content (AvgIpc) is 3.34. The van der Waals surface area contributed by atoms with Crippen LogP contribution < -0.4 is 4.90 Å². The first kappa shape index (κ1) is 36.1. The fraction of sp³-hybridized carbons (Fsp3) is 0. The molecule has 61 heavy (non-hydrogen) atoms. The summed E-state index contributed by atoms with van der Waals surface area (Å²) < 4.78 is 0. The van der Waals surface area contributed by atoms with E-state index >= 15 is 0 Å². The van der Waals surface area contributed by atoms with E-state index in [1.54, 1.807) is 0 Å². The second-order valence-electron chi connectivity index (χ2n) is 15.8. The number of rotatable bonds is 8. The number of benzene rings is 11. The van der Waals surface area contributed by atoms with Gasteiger partial charge in [-0.1, -0.05) is 194 Å². The third kappa shape index (κ3) is 7.13. The van der Waals surface area contributed by atoms with Crippen LogP contribution in [0.15, 0.2) is 249 Å². The SMILES string of the molecule is c1ccc(-c2ccc(N(c3ccc(-c4cccc(-c5ccc6ccccc6c5)c4)cc3)c3cc(-c4ccc5ccccc5c4)ccc3-c3ccc4ccccc4c3)cc2)cc1. The molecule has 0 N–H and O–H groups in total. The third-order valence-electron chi connectivity index (χ3n) is 12.0. The number of fused-ring (bicyclic) bond motifs is 3. The molecule has 0 fully saturated rings. The van der Waals surface area contributed by atoms with E-state index in [-0.39, 0.29) is 0 Å². The molecule has 0 aliphatic rings. The lowest BCUT2D eigenvalue weighted by molar-refractivity contribution is 1.28. The minimum absolute atomic E-state index is 1.08. The number of nitrogens with zero attached hydrogens (tertiary/aromatic N) is 1. The molecule has 0 amide bonds. The van der Waals surface area contributed by atoms with Gasteiger partial charge >= 0.3 is 0 Å². The Hall–Kier alpha value is -8.00. The highest BCUT2D eigenvalue weighted by atomic mass is 15.1. The van der Waals surface area contributed by atoms with Gasteiger partial charge < -0.3 is 4.90 Å². The monoisotopic (exact) mass is 775 g/mol. The van der Waals surface area contributed by atoms with Crippen molar-refractivity contribution in [1.29, 1.82) is 0 Å². The largest absolute Gasteiger partial charge is 0.310 e. The first-order valence-electron chi connectivity index (χ1n) is 21.0. The van der Waals surface area contributed by atoms with Crippen molar-refractivity contribution in [3.05, 3.63) is 249 Å². The quantitative estimate of drug-likeness (QED) is 0.149. The maximum Gasteiger partial charge on any atom is 0.0546 e. The van der Waals surface area contributed by atoms with Crippen LogP contribution in [0.3, 0.4) is 0 Å². The molecular weight excluding hydrogens is 735 g/mol. The molecule has 0 unspecified atom stereocenters. The van der Waals surface area contributed by atoms with Crippen LogP contribution in [0.2, 0.25) is 0 Å². The zero-order chi connectivity index (χ0) is 40.5. The topological polar surface area (TPSA) is 3.24 Å². The van der Waals surface area contributed by atoms with E-state index in [4.69, 9.17) is 0 Å². The Balaban J connectivity index is 1.06. The fourth-order valence-electron chi connectivity index (χ4n) is 8.78. The molecule has 0 atom stereocenters. The summed E-state index contributed by atoms with van der Waals surface area (Å²) in [5.41, 5.74) is 15.1. The van der Waals surface area contributed by atoms with Gasteiger partial charge in [0.15, 0.2) is 0 Å². The maximum absolute atomic E-state index is 2.43. The van der Waals surface area contributed by atoms with Gasteiger partial charge in [-0.25, -0.2) is 0 Å². The minimum Gasteiger partial charge on any atom is -0.310 e. The van der Waals surface area contributed by atoms with Crippen LogP contribution >= 0.6 is 0 Å². The van der Waals surface area contributed by atoms with Crippen LogP contribution in [0.1, 0.15) is 0 Å². The summed E-state index contributed by atoms with van der Waals surface area (Å²) in [4.78, 5) is 2.43. The van der Waals surface area contributed by atoms with Crippen molar-refractivity contribution in [3.63, 3.8) is 0 Å². The van der Waals surface area contributed by atoms with E-state index in [0.717, 1.165) is 22.6 Å². The van der Waals surface area contributed by atoms with E-state index in [0.29, 0.717) is 0 Å². The zero-order valence-corrected chi connectivity index (χ0v) is 33.6. The van der Waals surface area contributed by atoms with Gasteiger partial charge in [0, 0.05) is 16.9 Å². The Morgan fingerprint density at radius 2 is 0.541 bits per heavy atom. The van der Waals surface area contributed by atoms with Crippen molar-refractivity contribution in [2.45, 2.75) is 0 Å². The first-order chi connectivity index (χ1) is 30.2. The van der Waals surface area contributed by atoms with Gasteiger partial charge in [0.05, 0.1) is 5.69 Å². The smallest absolute Gasteiger partial charge is 0.0546 e. The predicted octanol–water partition coefficient (Wildman–Crippen LogP) is 17.0. The van der Waals surface area contributed by atoms with E-state index in [2.05, 4.69) is 254 Å². The van der Waals surface area contributed by atoms with Crippen molar-refractivity contribution in [2.75, 3.05) is 4.90 Å². The molecule has 1 heteroatoms. The van der Waals surface area contributed by atoms with Crippen LogP contribution in [0, 0.1) is 0 Å². The van der Waals surface area contributed by atoms with Gasteiger partial charge in [0.1, 0.15) is 0 Å². The lowest BCUT2D eigenvalue weighted by Crippen LogP contribution is -2.11. The molecule has 0 saturated carbocycles. The van der Waals surface area contributed by atoms with Crippen molar-refractivity contribution in [2.24, 2.45) is 0 Å². The molecule has 0 radical (unpaired) electrons. The summed E-state index contributed by atoms with van der Waals surface area (Å²) in [6.45, 7) is 0. The lowest BCUT2D eigenvalue weighted by atomic mass is 9.94. The molecule has 0 aliphatic heterocycles. The molecule has 0 saturated heterocycles. The van der Waals surface area contributed by atoms with E-state index in [9.17, 15) is 0 Å².